The van der Waals surface area contributed by atoms with Crippen LogP contribution >= 0.6 is 0 Å². The van der Waals surface area contributed by atoms with Crippen molar-refractivity contribution in [3.8, 4) is 11.5 Å². The monoisotopic (exact) mass is 354 g/mol. The summed E-state index contributed by atoms with van der Waals surface area (Å²) in [6, 6.07) is 6.42. The Morgan fingerprint density at radius 3 is 2.69 bits per heavy atom. The van der Waals surface area contributed by atoms with Crippen molar-refractivity contribution in [1.29, 1.82) is 0 Å². The standard InChI is InChI=1S/C19H18N2O5/c1-10-6-14-12(15(22)7-10)9-13(19(24)21-14)18(23)20-11-2-3-16-17(8-11)26-5-4-25-16/h2-3,8-10H,4-7H2,1H3,(H,20,23)(H,21,24)/t10-/m1/s1. The Balaban J connectivity index is 1.62. The van der Waals surface area contributed by atoms with Gasteiger partial charge in [-0.2, -0.15) is 0 Å². The van der Waals surface area contributed by atoms with Gasteiger partial charge >= 0.3 is 0 Å². The molecule has 0 saturated carbocycles. The van der Waals surface area contributed by atoms with Crippen LogP contribution in [0.4, 0.5) is 5.69 Å². The van der Waals surface area contributed by atoms with Crippen LogP contribution in [0.1, 0.15) is 39.8 Å². The number of aromatic nitrogens is 1. The van der Waals surface area contributed by atoms with Gasteiger partial charge in [0.05, 0.1) is 0 Å². The molecule has 1 aliphatic heterocycles. The molecule has 26 heavy (non-hydrogen) atoms. The average Bonchev–Trinajstić information content (AvgIpc) is 2.60. The number of fused-ring (bicyclic) bond motifs is 2. The summed E-state index contributed by atoms with van der Waals surface area (Å²) < 4.78 is 10.9. The van der Waals surface area contributed by atoms with Crippen LogP contribution in [-0.4, -0.2) is 29.9 Å². The maximum absolute atomic E-state index is 12.5. The van der Waals surface area contributed by atoms with E-state index >= 15 is 0 Å². The lowest BCUT2D eigenvalue weighted by Gasteiger charge is -2.20. The van der Waals surface area contributed by atoms with Crippen molar-refractivity contribution >= 4 is 17.4 Å². The highest BCUT2D eigenvalue weighted by atomic mass is 16.6. The van der Waals surface area contributed by atoms with Crippen LogP contribution in [0.15, 0.2) is 29.1 Å². The van der Waals surface area contributed by atoms with E-state index in [0.717, 1.165) is 0 Å². The van der Waals surface area contributed by atoms with Crippen LogP contribution in [0.5, 0.6) is 11.5 Å². The van der Waals surface area contributed by atoms with Crippen molar-refractivity contribution < 1.29 is 19.1 Å². The fourth-order valence-electron chi connectivity index (χ4n) is 3.31. The number of nitrogens with one attached hydrogen (secondary N) is 2. The summed E-state index contributed by atoms with van der Waals surface area (Å²) in [6.45, 7) is 2.88. The summed E-state index contributed by atoms with van der Waals surface area (Å²) in [4.78, 5) is 39.8. The second-order valence-electron chi connectivity index (χ2n) is 6.65. The zero-order valence-corrected chi connectivity index (χ0v) is 14.3. The van der Waals surface area contributed by atoms with Gasteiger partial charge in [-0.15, -0.1) is 0 Å². The summed E-state index contributed by atoms with van der Waals surface area (Å²) in [7, 11) is 0. The number of carbonyl (C=O) groups is 2. The summed E-state index contributed by atoms with van der Waals surface area (Å²) in [6.07, 6.45) is 1.04. The Hall–Kier alpha value is -3.09. The first kappa shape index (κ1) is 16.4. The molecule has 2 aliphatic rings. The Kier molecular flexibility index (Phi) is 3.99. The summed E-state index contributed by atoms with van der Waals surface area (Å²) in [5, 5.41) is 2.67. The van der Waals surface area contributed by atoms with E-state index in [4.69, 9.17) is 9.47 Å². The molecule has 0 spiro atoms. The number of hydrogen-bond acceptors (Lipinski definition) is 5. The highest BCUT2D eigenvalue weighted by Crippen LogP contribution is 2.32. The zero-order valence-electron chi connectivity index (χ0n) is 14.3. The SMILES string of the molecule is C[C@H]1CC(=O)c2cc(C(=O)Nc3ccc4c(c3)OCCO4)c(=O)[nH]c2C1. The molecular formula is C19H18N2O5. The Morgan fingerprint density at radius 1 is 1.12 bits per heavy atom. The van der Waals surface area contributed by atoms with Gasteiger partial charge in [0.1, 0.15) is 18.8 Å². The predicted octanol–water partition coefficient (Wildman–Crippen LogP) is 2.16. The maximum atomic E-state index is 12.5. The molecule has 1 aromatic carbocycles. The van der Waals surface area contributed by atoms with E-state index in [1.165, 1.54) is 6.07 Å². The van der Waals surface area contributed by atoms with Gasteiger partial charge in [0.15, 0.2) is 17.3 Å². The van der Waals surface area contributed by atoms with E-state index in [9.17, 15) is 14.4 Å². The van der Waals surface area contributed by atoms with Crippen molar-refractivity contribution in [3.05, 3.63) is 51.4 Å². The number of Topliss-reactive ketones (excluding diaryl/α,β-unsaturated/α-hetero) is 1. The van der Waals surface area contributed by atoms with E-state index in [2.05, 4.69) is 10.3 Å². The van der Waals surface area contributed by atoms with Crippen molar-refractivity contribution in [2.45, 2.75) is 19.8 Å². The molecule has 0 saturated heterocycles. The van der Waals surface area contributed by atoms with Crippen LogP contribution in [-0.2, 0) is 6.42 Å². The normalized spacial score (nSPS) is 18.2. The fraction of sp³-hybridized carbons (Fsp3) is 0.316. The van der Waals surface area contributed by atoms with Crippen molar-refractivity contribution in [2.24, 2.45) is 5.92 Å². The number of amides is 1. The molecule has 0 unspecified atom stereocenters. The molecule has 0 radical (unpaired) electrons. The second kappa shape index (κ2) is 6.33. The molecule has 1 aromatic heterocycles. The molecule has 1 amide bonds. The molecule has 0 bridgehead atoms. The Morgan fingerprint density at radius 2 is 1.88 bits per heavy atom. The molecule has 0 fully saturated rings. The summed E-state index contributed by atoms with van der Waals surface area (Å²) in [5.41, 5.74) is 0.934. The largest absolute Gasteiger partial charge is 0.486 e. The number of H-pyrrole nitrogens is 1. The second-order valence-corrected chi connectivity index (χ2v) is 6.65. The number of ketones is 1. The molecule has 1 atom stereocenters. The third-order valence-electron chi connectivity index (χ3n) is 4.55. The molecule has 2 aromatic rings. The first-order valence-corrected chi connectivity index (χ1v) is 8.51. The molecule has 134 valence electrons. The minimum atomic E-state index is -0.572. The lowest BCUT2D eigenvalue weighted by molar-refractivity contribution is 0.0952. The van der Waals surface area contributed by atoms with Crippen LogP contribution < -0.4 is 20.3 Å². The summed E-state index contributed by atoms with van der Waals surface area (Å²) in [5.74, 6) is 0.710. The molecule has 2 heterocycles. The van der Waals surface area contributed by atoms with Gasteiger partial charge in [0.2, 0.25) is 0 Å². The third-order valence-corrected chi connectivity index (χ3v) is 4.55. The van der Waals surface area contributed by atoms with Crippen molar-refractivity contribution in [1.82, 2.24) is 4.98 Å². The van der Waals surface area contributed by atoms with Crippen molar-refractivity contribution in [2.75, 3.05) is 18.5 Å². The minimum Gasteiger partial charge on any atom is -0.486 e. The average molecular weight is 354 g/mol. The number of ether oxygens (including phenoxy) is 2. The molecule has 1 aliphatic carbocycles. The number of hydrogen-bond donors (Lipinski definition) is 2. The number of carbonyl (C=O) groups excluding carboxylic acids is 2. The number of anilines is 1. The fourth-order valence-corrected chi connectivity index (χ4v) is 3.31. The summed E-state index contributed by atoms with van der Waals surface area (Å²) >= 11 is 0. The van der Waals surface area contributed by atoms with Gasteiger partial charge in [-0.3, -0.25) is 14.4 Å². The van der Waals surface area contributed by atoms with Crippen LogP contribution in [0, 0.1) is 5.92 Å². The van der Waals surface area contributed by atoms with E-state index in [1.807, 2.05) is 6.92 Å². The minimum absolute atomic E-state index is 0.0524. The first-order chi connectivity index (χ1) is 12.5. The van der Waals surface area contributed by atoms with E-state index < -0.39 is 11.5 Å². The van der Waals surface area contributed by atoms with E-state index in [1.54, 1.807) is 18.2 Å². The number of rotatable bonds is 2. The lowest BCUT2D eigenvalue weighted by atomic mass is 9.86. The van der Waals surface area contributed by atoms with Crippen LogP contribution in [0.2, 0.25) is 0 Å². The highest BCUT2D eigenvalue weighted by Gasteiger charge is 2.26. The van der Waals surface area contributed by atoms with Gasteiger partial charge in [0, 0.05) is 29.4 Å². The number of pyridine rings is 1. The van der Waals surface area contributed by atoms with E-state index in [0.29, 0.717) is 54.5 Å². The van der Waals surface area contributed by atoms with Gasteiger partial charge in [0.25, 0.3) is 11.5 Å². The third kappa shape index (κ3) is 2.96. The topological polar surface area (TPSA) is 97.5 Å². The van der Waals surface area contributed by atoms with Gasteiger partial charge in [-0.25, -0.2) is 0 Å². The highest BCUT2D eigenvalue weighted by molar-refractivity contribution is 6.06. The van der Waals surface area contributed by atoms with Crippen molar-refractivity contribution in [3.63, 3.8) is 0 Å². The molecule has 7 heteroatoms. The van der Waals surface area contributed by atoms with Gasteiger partial charge in [-0.05, 0) is 30.5 Å². The quantitative estimate of drug-likeness (QED) is 0.861. The molecule has 2 N–H and O–H groups in total. The lowest BCUT2D eigenvalue weighted by Crippen LogP contribution is -2.29. The van der Waals surface area contributed by atoms with Gasteiger partial charge in [-0.1, -0.05) is 6.92 Å². The Labute approximate surface area is 149 Å². The number of benzene rings is 1. The zero-order chi connectivity index (χ0) is 18.3. The van der Waals surface area contributed by atoms with Crippen LogP contribution in [0.25, 0.3) is 0 Å². The maximum Gasteiger partial charge on any atom is 0.261 e. The number of aromatic amines is 1. The molecule has 7 nitrogen and oxygen atoms in total. The van der Waals surface area contributed by atoms with E-state index in [-0.39, 0.29) is 17.3 Å². The predicted molar refractivity (Wildman–Crippen MR) is 94.3 cm³/mol. The smallest absolute Gasteiger partial charge is 0.261 e. The first-order valence-electron chi connectivity index (χ1n) is 8.51. The molecular weight excluding hydrogens is 336 g/mol. The Bertz CT molecular complexity index is 963. The van der Waals surface area contributed by atoms with Gasteiger partial charge < -0.3 is 19.8 Å². The molecule has 4 rings (SSSR count). The van der Waals surface area contributed by atoms with Crippen LogP contribution in [0.3, 0.4) is 0 Å².